The van der Waals surface area contributed by atoms with E-state index in [-0.39, 0.29) is 23.7 Å². The number of nitrogens with two attached hydrogens (primary N) is 1. The second kappa shape index (κ2) is 6.40. The molecule has 0 saturated heterocycles. The van der Waals surface area contributed by atoms with Gasteiger partial charge in [0.2, 0.25) is 11.8 Å². The number of fused-ring (bicyclic) bond motifs is 1. The van der Waals surface area contributed by atoms with Gasteiger partial charge in [-0.1, -0.05) is 6.07 Å². The van der Waals surface area contributed by atoms with Crippen LogP contribution in [0.5, 0.6) is 11.6 Å². The van der Waals surface area contributed by atoms with Crippen LogP contribution in [0.15, 0.2) is 24.4 Å². The Kier molecular flexibility index (Phi) is 4.39. The zero-order valence-electron chi connectivity index (χ0n) is 14.3. The number of nitrogens with zero attached hydrogens (tertiary/aromatic N) is 2. The largest absolute Gasteiger partial charge is 0.496 e. The average molecular weight is 366 g/mol. The van der Waals surface area contributed by atoms with Gasteiger partial charge in [0, 0.05) is 11.8 Å². The van der Waals surface area contributed by atoms with Crippen molar-refractivity contribution in [3.63, 3.8) is 0 Å². The number of hydrogen-bond donors (Lipinski definition) is 2. The van der Waals surface area contributed by atoms with Crippen LogP contribution in [-0.4, -0.2) is 28.2 Å². The fraction of sp³-hybridized carbons (Fsp3) is 0.294. The molecule has 0 amide bonds. The molecule has 0 aliphatic rings. The molecule has 0 unspecified atom stereocenters. The van der Waals surface area contributed by atoms with E-state index in [1.54, 1.807) is 6.20 Å². The van der Waals surface area contributed by atoms with Crippen LogP contribution in [0.3, 0.4) is 0 Å². The smallest absolute Gasteiger partial charge is 0.419 e. The monoisotopic (exact) mass is 366 g/mol. The van der Waals surface area contributed by atoms with Gasteiger partial charge in [0.25, 0.3) is 0 Å². The first-order chi connectivity index (χ1) is 12.2. The number of nitrogens with one attached hydrogen (secondary N) is 1. The second-order valence-corrected chi connectivity index (χ2v) is 5.89. The fourth-order valence-electron chi connectivity index (χ4n) is 2.65. The minimum Gasteiger partial charge on any atom is -0.496 e. The number of methoxy groups -OCH3 is 1. The molecule has 0 bridgehead atoms. The highest BCUT2D eigenvalue weighted by Crippen LogP contribution is 2.41. The lowest BCUT2D eigenvalue weighted by molar-refractivity contribution is -0.138. The van der Waals surface area contributed by atoms with E-state index in [0.29, 0.717) is 22.2 Å². The number of rotatable bonds is 4. The molecule has 2 aromatic heterocycles. The Morgan fingerprint density at radius 1 is 1.19 bits per heavy atom. The van der Waals surface area contributed by atoms with Crippen molar-refractivity contribution in [2.45, 2.75) is 26.1 Å². The zero-order valence-corrected chi connectivity index (χ0v) is 14.3. The molecule has 0 aliphatic carbocycles. The van der Waals surface area contributed by atoms with E-state index in [9.17, 15) is 13.2 Å². The van der Waals surface area contributed by atoms with Crippen LogP contribution < -0.4 is 15.2 Å². The molecule has 0 spiro atoms. The Hall–Kier alpha value is -2.97. The van der Waals surface area contributed by atoms with E-state index in [4.69, 9.17) is 15.2 Å². The topological polar surface area (TPSA) is 86.0 Å². The van der Waals surface area contributed by atoms with E-state index in [1.807, 2.05) is 13.8 Å². The van der Waals surface area contributed by atoms with Crippen LogP contribution in [0.2, 0.25) is 0 Å². The summed E-state index contributed by atoms with van der Waals surface area (Å²) in [6, 6.07) is 3.83. The molecule has 3 aromatic rings. The summed E-state index contributed by atoms with van der Waals surface area (Å²) in [7, 11) is 1.20. The summed E-state index contributed by atoms with van der Waals surface area (Å²) in [4.78, 5) is 11.1. The number of benzene rings is 1. The Morgan fingerprint density at radius 2 is 1.92 bits per heavy atom. The third kappa shape index (κ3) is 3.24. The predicted octanol–water partition coefficient (Wildman–Crippen LogP) is 4.02. The molecule has 0 aliphatic heterocycles. The van der Waals surface area contributed by atoms with Gasteiger partial charge in [0.1, 0.15) is 11.4 Å². The van der Waals surface area contributed by atoms with E-state index >= 15 is 0 Å². The number of ether oxygens (including phenoxy) is 2. The van der Waals surface area contributed by atoms with Crippen molar-refractivity contribution < 1.29 is 22.6 Å². The van der Waals surface area contributed by atoms with Crippen molar-refractivity contribution in [2.75, 3.05) is 12.8 Å². The highest BCUT2D eigenvalue weighted by Gasteiger charge is 2.35. The van der Waals surface area contributed by atoms with Crippen molar-refractivity contribution in [1.29, 1.82) is 0 Å². The van der Waals surface area contributed by atoms with Gasteiger partial charge in [-0.15, -0.1) is 0 Å². The first-order valence-electron chi connectivity index (χ1n) is 7.77. The number of alkyl halides is 3. The number of nitrogen functional groups attached to an aromatic ring is 1. The normalized spacial score (nSPS) is 12.0. The Bertz CT molecular complexity index is 951. The molecule has 1 aromatic carbocycles. The maximum atomic E-state index is 13.3. The lowest BCUT2D eigenvalue weighted by Gasteiger charge is -2.14. The average Bonchev–Trinajstić information content (AvgIpc) is 2.96. The number of hydrogen-bond acceptors (Lipinski definition) is 5. The van der Waals surface area contributed by atoms with Crippen LogP contribution in [0.25, 0.3) is 22.2 Å². The maximum absolute atomic E-state index is 13.3. The lowest BCUT2D eigenvalue weighted by atomic mass is 10.0. The maximum Gasteiger partial charge on any atom is 0.419 e. The predicted molar refractivity (Wildman–Crippen MR) is 91.1 cm³/mol. The molecule has 138 valence electrons. The second-order valence-electron chi connectivity index (χ2n) is 5.89. The molecule has 3 N–H and O–H groups in total. The van der Waals surface area contributed by atoms with E-state index in [2.05, 4.69) is 15.0 Å². The number of halogens is 3. The van der Waals surface area contributed by atoms with Crippen molar-refractivity contribution in [3.8, 4) is 22.8 Å². The van der Waals surface area contributed by atoms with Crippen LogP contribution >= 0.6 is 0 Å². The molecule has 0 fully saturated rings. The quantitative estimate of drug-likeness (QED) is 0.728. The highest BCUT2D eigenvalue weighted by molar-refractivity contribution is 5.97. The molecule has 3 rings (SSSR count). The third-order valence-corrected chi connectivity index (χ3v) is 3.68. The Morgan fingerprint density at radius 3 is 2.54 bits per heavy atom. The molecule has 26 heavy (non-hydrogen) atoms. The summed E-state index contributed by atoms with van der Waals surface area (Å²) in [5.41, 5.74) is 6.00. The minimum absolute atomic E-state index is 0.00672. The Labute approximate surface area is 147 Å². The van der Waals surface area contributed by atoms with Crippen molar-refractivity contribution >= 4 is 17.0 Å². The first kappa shape index (κ1) is 17.8. The summed E-state index contributed by atoms with van der Waals surface area (Å²) in [6.07, 6.45) is -3.20. The minimum atomic E-state index is -4.55. The third-order valence-electron chi connectivity index (χ3n) is 3.68. The molecule has 0 radical (unpaired) electrons. The fourth-order valence-corrected chi connectivity index (χ4v) is 2.65. The molecular weight excluding hydrogens is 349 g/mol. The van der Waals surface area contributed by atoms with Crippen molar-refractivity contribution in [3.05, 3.63) is 30.0 Å². The molecule has 0 atom stereocenters. The van der Waals surface area contributed by atoms with Crippen molar-refractivity contribution in [2.24, 2.45) is 0 Å². The van der Waals surface area contributed by atoms with Gasteiger partial charge in [-0.2, -0.15) is 23.1 Å². The molecule has 6 nitrogen and oxygen atoms in total. The standard InChI is InChI=1S/C17H17F3N4O2/c1-8(2)26-15-13-10(7-22-14(13)23-16(21)24-15)9-4-5-12(25-3)11(6-9)17(18,19)20/h4-8H,1-3H3,(H3,21,22,23,24). The molecule has 9 heteroatoms. The summed E-state index contributed by atoms with van der Waals surface area (Å²) in [6.45, 7) is 3.62. The van der Waals surface area contributed by atoms with E-state index in [0.717, 1.165) is 6.07 Å². The first-order valence-corrected chi connectivity index (χ1v) is 7.77. The van der Waals surface area contributed by atoms with Gasteiger partial charge in [-0.3, -0.25) is 0 Å². The number of aromatic nitrogens is 3. The van der Waals surface area contributed by atoms with Gasteiger partial charge in [-0.25, -0.2) is 0 Å². The van der Waals surface area contributed by atoms with Gasteiger partial charge >= 0.3 is 6.18 Å². The summed E-state index contributed by atoms with van der Waals surface area (Å²) in [5, 5.41) is 0.464. The molecule has 2 heterocycles. The highest BCUT2D eigenvalue weighted by atomic mass is 19.4. The summed E-state index contributed by atoms with van der Waals surface area (Å²) >= 11 is 0. The number of H-pyrrole nitrogens is 1. The summed E-state index contributed by atoms with van der Waals surface area (Å²) < 4.78 is 50.5. The number of anilines is 1. The van der Waals surface area contributed by atoms with Crippen LogP contribution in [0.4, 0.5) is 19.1 Å². The van der Waals surface area contributed by atoms with Gasteiger partial charge in [-0.05, 0) is 31.5 Å². The SMILES string of the molecule is COc1ccc(-c2c[nH]c3nc(N)nc(OC(C)C)c23)cc1C(F)(F)F. The summed E-state index contributed by atoms with van der Waals surface area (Å²) in [5.74, 6) is -0.0318. The molecule has 0 saturated carbocycles. The number of aromatic amines is 1. The van der Waals surface area contributed by atoms with E-state index < -0.39 is 11.7 Å². The van der Waals surface area contributed by atoms with Crippen molar-refractivity contribution in [1.82, 2.24) is 15.0 Å². The Balaban J connectivity index is 2.23. The van der Waals surface area contributed by atoms with Gasteiger partial charge < -0.3 is 20.2 Å². The molecular formula is C17H17F3N4O2. The van der Waals surface area contributed by atoms with E-state index in [1.165, 1.54) is 19.2 Å². The van der Waals surface area contributed by atoms with Gasteiger partial charge in [0.05, 0.1) is 24.2 Å². The zero-order chi connectivity index (χ0) is 19.1. The van der Waals surface area contributed by atoms with Crippen LogP contribution in [0.1, 0.15) is 19.4 Å². The lowest BCUT2D eigenvalue weighted by Crippen LogP contribution is -2.09. The van der Waals surface area contributed by atoms with Gasteiger partial charge in [0.15, 0.2) is 0 Å². The van der Waals surface area contributed by atoms with Crippen LogP contribution in [0, 0.1) is 0 Å². The van der Waals surface area contributed by atoms with Crippen LogP contribution in [-0.2, 0) is 6.18 Å².